The van der Waals surface area contributed by atoms with Crippen molar-refractivity contribution in [1.29, 1.82) is 0 Å². The standard InChI is InChI=1S/C21H18O2/c1-14-9-11-15(12-10-14)13-16-5-4-8-19-20(16)21(22)17-6-2-3-7-18(17)23-19/h2-3,6-7,9-13H,4-5,8H2,1H3/b16-13+. The highest BCUT2D eigenvalue weighted by molar-refractivity contribution is 5.87. The van der Waals surface area contributed by atoms with Gasteiger partial charge in [0, 0.05) is 6.42 Å². The molecule has 1 aliphatic carbocycles. The van der Waals surface area contributed by atoms with Gasteiger partial charge in [0.2, 0.25) is 0 Å². The van der Waals surface area contributed by atoms with E-state index in [4.69, 9.17) is 4.42 Å². The highest BCUT2D eigenvalue weighted by Crippen LogP contribution is 2.32. The molecule has 0 radical (unpaired) electrons. The van der Waals surface area contributed by atoms with Crippen molar-refractivity contribution in [3.8, 4) is 0 Å². The minimum Gasteiger partial charge on any atom is -0.460 e. The van der Waals surface area contributed by atoms with Gasteiger partial charge in [-0.25, -0.2) is 0 Å². The average molecular weight is 302 g/mol. The second-order valence-corrected chi connectivity index (χ2v) is 6.16. The highest BCUT2D eigenvalue weighted by atomic mass is 16.3. The fourth-order valence-electron chi connectivity index (χ4n) is 3.26. The number of allylic oxidation sites excluding steroid dienone is 1. The van der Waals surface area contributed by atoms with Gasteiger partial charge in [0.15, 0.2) is 5.43 Å². The Morgan fingerprint density at radius 1 is 1.00 bits per heavy atom. The first-order valence-electron chi connectivity index (χ1n) is 8.05. The lowest BCUT2D eigenvalue weighted by Gasteiger charge is -2.18. The summed E-state index contributed by atoms with van der Waals surface area (Å²) in [5, 5.41) is 0.669. The van der Waals surface area contributed by atoms with Gasteiger partial charge in [-0.15, -0.1) is 0 Å². The molecular formula is C21H18O2. The molecular weight excluding hydrogens is 284 g/mol. The quantitative estimate of drug-likeness (QED) is 0.634. The summed E-state index contributed by atoms with van der Waals surface area (Å²) < 4.78 is 6.01. The summed E-state index contributed by atoms with van der Waals surface area (Å²) in [5.74, 6) is 0.832. The summed E-state index contributed by atoms with van der Waals surface area (Å²) in [6.07, 6.45) is 4.90. The van der Waals surface area contributed by atoms with Crippen LogP contribution in [-0.2, 0) is 6.42 Å². The van der Waals surface area contributed by atoms with E-state index < -0.39 is 0 Å². The summed E-state index contributed by atoms with van der Waals surface area (Å²) in [6.45, 7) is 2.08. The average Bonchev–Trinajstić information content (AvgIpc) is 2.57. The van der Waals surface area contributed by atoms with Crippen LogP contribution < -0.4 is 5.43 Å². The maximum Gasteiger partial charge on any atom is 0.200 e. The number of aryl methyl sites for hydroxylation is 2. The maximum absolute atomic E-state index is 12.9. The molecule has 0 saturated heterocycles. The third kappa shape index (κ3) is 2.50. The van der Waals surface area contributed by atoms with E-state index in [2.05, 4.69) is 37.3 Å². The molecule has 0 fully saturated rings. The molecule has 2 nitrogen and oxygen atoms in total. The second kappa shape index (κ2) is 5.54. The van der Waals surface area contributed by atoms with Crippen molar-refractivity contribution >= 4 is 22.6 Å². The van der Waals surface area contributed by atoms with Gasteiger partial charge in [-0.1, -0.05) is 48.0 Å². The fourth-order valence-corrected chi connectivity index (χ4v) is 3.26. The van der Waals surface area contributed by atoms with E-state index in [1.807, 2.05) is 24.3 Å². The summed E-state index contributed by atoms with van der Waals surface area (Å²) in [5.41, 5.74) is 5.02. The lowest BCUT2D eigenvalue weighted by Crippen LogP contribution is -2.15. The molecule has 0 amide bonds. The lowest BCUT2D eigenvalue weighted by atomic mass is 9.89. The van der Waals surface area contributed by atoms with Crippen LogP contribution in [0.4, 0.5) is 0 Å². The number of hydrogen-bond donors (Lipinski definition) is 0. The van der Waals surface area contributed by atoms with Gasteiger partial charge in [0.1, 0.15) is 11.3 Å². The van der Waals surface area contributed by atoms with E-state index in [9.17, 15) is 4.79 Å². The van der Waals surface area contributed by atoms with Gasteiger partial charge in [-0.05, 0) is 43.0 Å². The summed E-state index contributed by atoms with van der Waals surface area (Å²) in [7, 11) is 0. The maximum atomic E-state index is 12.9. The molecule has 4 rings (SSSR count). The zero-order chi connectivity index (χ0) is 15.8. The molecule has 2 aromatic carbocycles. The SMILES string of the molecule is Cc1ccc(/C=C2\CCCc3oc4ccccc4c(=O)c32)cc1. The molecule has 0 atom stereocenters. The monoisotopic (exact) mass is 302 g/mol. The molecule has 0 N–H and O–H groups in total. The van der Waals surface area contributed by atoms with Gasteiger partial charge < -0.3 is 4.42 Å². The van der Waals surface area contributed by atoms with Crippen molar-refractivity contribution in [2.45, 2.75) is 26.2 Å². The van der Waals surface area contributed by atoms with E-state index in [0.717, 1.165) is 41.7 Å². The Bertz CT molecular complexity index is 959. The largest absolute Gasteiger partial charge is 0.460 e. The van der Waals surface area contributed by atoms with Crippen molar-refractivity contribution in [2.24, 2.45) is 0 Å². The Morgan fingerprint density at radius 3 is 2.61 bits per heavy atom. The Hall–Kier alpha value is -2.61. The third-order valence-electron chi connectivity index (χ3n) is 4.46. The van der Waals surface area contributed by atoms with Gasteiger partial charge in [-0.2, -0.15) is 0 Å². The van der Waals surface area contributed by atoms with Crippen LogP contribution in [0.1, 0.15) is 35.3 Å². The molecule has 0 bridgehead atoms. The van der Waals surface area contributed by atoms with E-state index in [1.165, 1.54) is 5.56 Å². The minimum atomic E-state index is 0.0971. The number of para-hydroxylation sites is 1. The zero-order valence-corrected chi connectivity index (χ0v) is 13.1. The van der Waals surface area contributed by atoms with Gasteiger partial charge >= 0.3 is 0 Å². The molecule has 0 spiro atoms. The molecule has 2 heteroatoms. The molecule has 3 aromatic rings. The van der Waals surface area contributed by atoms with Crippen molar-refractivity contribution < 1.29 is 4.42 Å². The first-order chi connectivity index (χ1) is 11.2. The van der Waals surface area contributed by atoms with Crippen LogP contribution in [0.15, 0.2) is 57.7 Å². The number of rotatable bonds is 1. The van der Waals surface area contributed by atoms with Gasteiger partial charge in [-0.3, -0.25) is 4.79 Å². The van der Waals surface area contributed by atoms with Crippen LogP contribution in [0.3, 0.4) is 0 Å². The van der Waals surface area contributed by atoms with Crippen molar-refractivity contribution in [3.63, 3.8) is 0 Å². The van der Waals surface area contributed by atoms with Crippen molar-refractivity contribution in [1.82, 2.24) is 0 Å². The first-order valence-corrected chi connectivity index (χ1v) is 8.05. The first kappa shape index (κ1) is 14.0. The molecule has 0 saturated carbocycles. The third-order valence-corrected chi connectivity index (χ3v) is 4.46. The van der Waals surface area contributed by atoms with Crippen LogP contribution in [0.2, 0.25) is 0 Å². The number of hydrogen-bond acceptors (Lipinski definition) is 2. The summed E-state index contributed by atoms with van der Waals surface area (Å²) in [4.78, 5) is 12.9. The lowest BCUT2D eigenvalue weighted by molar-refractivity contribution is 0.516. The Balaban J connectivity index is 1.92. The number of benzene rings is 2. The van der Waals surface area contributed by atoms with Crippen LogP contribution in [0.25, 0.3) is 22.6 Å². The van der Waals surface area contributed by atoms with Crippen molar-refractivity contribution in [2.75, 3.05) is 0 Å². The van der Waals surface area contributed by atoms with Crippen LogP contribution in [0.5, 0.6) is 0 Å². The molecule has 0 unspecified atom stereocenters. The molecule has 1 heterocycles. The molecule has 114 valence electrons. The Morgan fingerprint density at radius 2 is 1.78 bits per heavy atom. The fraction of sp³-hybridized carbons (Fsp3) is 0.190. The van der Waals surface area contributed by atoms with Crippen LogP contribution >= 0.6 is 0 Å². The van der Waals surface area contributed by atoms with Crippen molar-refractivity contribution in [3.05, 3.63) is 81.2 Å². The van der Waals surface area contributed by atoms with Crippen LogP contribution in [-0.4, -0.2) is 0 Å². The van der Waals surface area contributed by atoms with E-state index in [0.29, 0.717) is 11.0 Å². The van der Waals surface area contributed by atoms with E-state index in [1.54, 1.807) is 0 Å². The zero-order valence-electron chi connectivity index (χ0n) is 13.1. The summed E-state index contributed by atoms with van der Waals surface area (Å²) in [6, 6.07) is 15.9. The summed E-state index contributed by atoms with van der Waals surface area (Å²) >= 11 is 0. The number of fused-ring (bicyclic) bond motifs is 2. The highest BCUT2D eigenvalue weighted by Gasteiger charge is 2.21. The normalized spacial score (nSPS) is 15.8. The Labute approximate surface area is 135 Å². The van der Waals surface area contributed by atoms with E-state index >= 15 is 0 Å². The minimum absolute atomic E-state index is 0.0971. The molecule has 23 heavy (non-hydrogen) atoms. The topological polar surface area (TPSA) is 30.2 Å². The van der Waals surface area contributed by atoms with E-state index in [-0.39, 0.29) is 5.43 Å². The molecule has 0 aliphatic heterocycles. The Kier molecular flexibility index (Phi) is 3.38. The predicted molar refractivity (Wildman–Crippen MR) is 94.5 cm³/mol. The smallest absolute Gasteiger partial charge is 0.200 e. The van der Waals surface area contributed by atoms with Gasteiger partial charge in [0.25, 0.3) is 0 Å². The van der Waals surface area contributed by atoms with Crippen LogP contribution in [0, 0.1) is 6.92 Å². The molecule has 1 aliphatic rings. The molecule has 1 aromatic heterocycles. The van der Waals surface area contributed by atoms with Gasteiger partial charge in [0.05, 0.1) is 10.9 Å². The predicted octanol–water partition coefficient (Wildman–Crippen LogP) is 4.98. The second-order valence-electron chi connectivity index (χ2n) is 6.16.